The SMILES string of the molecule is C[C@@H]1O[C@@H](O[C@H]2[C@@H](O)[C@@H](C)O[C@@H](O[C@@H]3[C@@H](C)O[C@@H](O[C@@H]4[C@H](O)[C@@H](O)[C@H](O[C@@H]5[C@@H](C)O[C@@H](O[C@@H]6[C@H](O)[C@@H](OS(=O)(=O)O)[C@H](Oc7ccc(C=CC(=O)NCCS(=O)(=O)O)cc7O)O[C@@H]6C)C[C@]5(C)N)O[C@@H]4C)C[C@]3(C)N)[C@@H]2O)[C@H](O)[C@H](O)[C@H]1O[C@H]1C[C@](C)(N)[C@H](O[C@@H]2O[C@H](C)[C@H](O[C@H]3C[C@](C)(N)[C@@H](O[C@@H]4C[C@@H](O)[C@@H](O[C@H]5C[C@](C)(N)[C@H](O[C@@H]6O[C@H](C)[C@H](O)[C@H](O)[C@H]6O)[C@@H](C)O5)[C@H](C)O4)[C@H](C)O3)[C@H](O)[C@H]2O)[C@@H](C)O1. The summed E-state index contributed by atoms with van der Waals surface area (Å²) in [5.41, 5.74) is 28.4. The number of aliphatic hydroxyl groups excluding tert-OH is 13. The van der Waals surface area contributed by atoms with E-state index in [9.17, 15) is 97.7 Å². The summed E-state index contributed by atoms with van der Waals surface area (Å²) in [4.78, 5) is 12.2. The van der Waals surface area contributed by atoms with Crippen molar-refractivity contribution in [1.29, 1.82) is 0 Å². The number of amides is 1. The van der Waals surface area contributed by atoms with Gasteiger partial charge in [0, 0.05) is 78.8 Å². The van der Waals surface area contributed by atoms with E-state index in [1.165, 1.54) is 52.8 Å². The Balaban J connectivity index is 0.534. The monoisotopic (exact) mass is 2090 g/mol. The van der Waals surface area contributed by atoms with E-state index >= 15 is 0 Å². The molecule has 818 valence electrons. The summed E-state index contributed by atoms with van der Waals surface area (Å²) < 4.78 is 219. The predicted molar refractivity (Wildman–Crippen MR) is 478 cm³/mol. The average molecular weight is 2090 g/mol. The molecule has 0 unspecified atom stereocenters. The number of aromatic hydroxyl groups is 1. The second-order valence-electron chi connectivity index (χ2n) is 41.3. The largest absolute Gasteiger partial charge is 0.504 e. The molecule has 0 spiro atoms. The minimum Gasteiger partial charge on any atom is -0.504 e. The van der Waals surface area contributed by atoms with Gasteiger partial charge in [0.25, 0.3) is 10.1 Å². The van der Waals surface area contributed by atoms with Crippen LogP contribution in [-0.4, -0.2) is 445 Å². The fourth-order valence-corrected chi connectivity index (χ4v) is 21.7. The van der Waals surface area contributed by atoms with Crippen molar-refractivity contribution in [2.45, 2.75) is 485 Å². The number of hydrogen-bond donors (Lipinski definition) is 22. The summed E-state index contributed by atoms with van der Waals surface area (Å²) in [7, 11) is -9.69. The molecule has 27 N–H and O–H groups in total. The van der Waals surface area contributed by atoms with Crippen molar-refractivity contribution in [2.24, 2.45) is 28.7 Å². The van der Waals surface area contributed by atoms with Crippen molar-refractivity contribution in [2.75, 3.05) is 12.3 Å². The van der Waals surface area contributed by atoms with Crippen LogP contribution in [0.15, 0.2) is 24.3 Å². The van der Waals surface area contributed by atoms with Crippen LogP contribution in [0.4, 0.5) is 0 Å². The standard InChI is InChI=1S/C88H148N6O46S2/c1-31-54(98)56(100)60(104)79(122-31)136-74-39(9)118-49(26-85(74,14)90)129-66-33(3)116-48(25-45(66)96)134-73-38(8)117-50(27-84(73,13)89)130-68-35(5)125-80(62(106)58(68)102)137-75-40(10)119-51(28-86(75,15)91)131-67-34(4)124-78(61(105)57(67)101)135-71-55(99)32(2)123-82(65(71)109)139-77-42(12)120-52(29-88(77,17)93)132-69-36(6)126-81(63(107)59(69)103)138-76-41(11)121-53(30-87(76,16)92)133-70-37(7)127-83(72(64(70)108)140-142(113,114)115)128-46-20-18-43(24-44(46)95)19-21-47(97)94-22-23-141(110,111)112/h18-21,24,31-42,45,48-83,95-96,98-109H,22-23,25-30,89-93H2,1-17H3,(H,94,97)(H,110,111,112)(H,113,114,115)/t31-,32-,33+,34+,35-,36-,37-,38+,39-,40-,41-,42-,45-,48-,49+,50+,51+,52+,53+,54+,55+,56+,57+,58-,59-,60-,61-,62-,63-,64+,65-,66+,67+,68+,69+,70+,71+,72-,73+,74-,75-,76-,77-,78+,79+,80+,81+,82+,83+,84+,85+,86+,87+,88+/m1/s1. The Morgan fingerprint density at radius 2 is 0.676 bits per heavy atom. The molecule has 12 heterocycles. The van der Waals surface area contributed by atoms with Gasteiger partial charge >= 0.3 is 10.4 Å². The van der Waals surface area contributed by atoms with Crippen LogP contribution in [0.2, 0.25) is 0 Å². The van der Waals surface area contributed by atoms with Crippen LogP contribution in [0, 0.1) is 0 Å². The van der Waals surface area contributed by atoms with Gasteiger partial charge in [0.05, 0.1) is 85.1 Å². The van der Waals surface area contributed by atoms with Gasteiger partial charge in [0.15, 0.2) is 86.8 Å². The fraction of sp³-hybridized carbons (Fsp3) is 0.898. The molecule has 142 heavy (non-hydrogen) atoms. The van der Waals surface area contributed by atoms with E-state index < -0.39 is 373 Å². The van der Waals surface area contributed by atoms with Crippen molar-refractivity contribution in [3.63, 3.8) is 0 Å². The Morgan fingerprint density at radius 3 is 1.04 bits per heavy atom. The lowest BCUT2D eigenvalue weighted by Crippen LogP contribution is -2.68. The van der Waals surface area contributed by atoms with E-state index in [0.717, 1.165) is 12.1 Å². The van der Waals surface area contributed by atoms with Crippen molar-refractivity contribution in [3.8, 4) is 11.5 Å². The van der Waals surface area contributed by atoms with E-state index in [1.807, 2.05) is 0 Å². The zero-order valence-corrected chi connectivity index (χ0v) is 83.6. The van der Waals surface area contributed by atoms with Crippen molar-refractivity contribution in [1.82, 2.24) is 5.32 Å². The van der Waals surface area contributed by atoms with Gasteiger partial charge in [-0.2, -0.15) is 16.8 Å². The number of nitrogens with two attached hydrogens (primary N) is 5. The molecule has 52 nitrogen and oxygen atoms in total. The highest BCUT2D eigenvalue weighted by Gasteiger charge is 2.62. The molecule has 1 amide bonds. The quantitative estimate of drug-likeness (QED) is 0.0243. The van der Waals surface area contributed by atoms with Crippen LogP contribution in [0.1, 0.15) is 162 Å². The van der Waals surface area contributed by atoms with Crippen LogP contribution < -0.4 is 38.7 Å². The van der Waals surface area contributed by atoms with Gasteiger partial charge in [-0.15, -0.1) is 0 Å². The van der Waals surface area contributed by atoms with Crippen molar-refractivity contribution in [3.05, 3.63) is 29.8 Å². The number of carbonyl (C=O) groups is 1. The molecule has 0 saturated carbocycles. The minimum atomic E-state index is -5.36. The number of nitrogens with one attached hydrogen (secondary N) is 1. The first kappa shape index (κ1) is 115. The summed E-state index contributed by atoms with van der Waals surface area (Å²) in [6.45, 7) is 26.8. The number of carbonyl (C=O) groups excluding carboxylic acids is 1. The Hall–Kier alpha value is -3.83. The minimum absolute atomic E-state index is 0.0144. The van der Waals surface area contributed by atoms with Crippen LogP contribution >= 0.6 is 0 Å². The maximum Gasteiger partial charge on any atom is 0.397 e. The van der Waals surface area contributed by atoms with Crippen LogP contribution in [-0.2, 0) is 138 Å². The molecule has 12 fully saturated rings. The highest BCUT2D eigenvalue weighted by Crippen LogP contribution is 2.46. The number of benzene rings is 1. The molecule has 12 aliphatic heterocycles. The average Bonchev–Trinajstić information content (AvgIpc) is 0.811. The molecule has 0 bridgehead atoms. The third-order valence-electron chi connectivity index (χ3n) is 28.4. The van der Waals surface area contributed by atoms with Gasteiger partial charge in [0.2, 0.25) is 12.2 Å². The number of phenols is 1. The molecule has 0 radical (unpaired) electrons. The van der Waals surface area contributed by atoms with E-state index in [1.54, 1.807) is 83.1 Å². The highest BCUT2D eigenvalue weighted by atomic mass is 32.3. The molecule has 12 aliphatic rings. The van der Waals surface area contributed by atoms with Gasteiger partial charge in [-0.3, -0.25) is 13.9 Å². The number of aliphatic hydroxyl groups is 13. The van der Waals surface area contributed by atoms with Gasteiger partial charge in [-0.25, -0.2) is 4.18 Å². The normalized spacial score (nSPS) is 50.8. The first-order valence-electron chi connectivity index (χ1n) is 47.8. The first-order valence-corrected chi connectivity index (χ1v) is 50.8. The Morgan fingerprint density at radius 1 is 0.359 bits per heavy atom. The molecule has 54 atom stereocenters. The van der Waals surface area contributed by atoms with Crippen LogP contribution in [0.5, 0.6) is 11.5 Å². The third-order valence-corrected chi connectivity index (χ3v) is 29.5. The zero-order chi connectivity index (χ0) is 105. The molecule has 0 aromatic heterocycles. The molecular weight excluding hydrogens is 1940 g/mol. The number of hydrogen-bond acceptors (Lipinski definition) is 49. The first-order chi connectivity index (χ1) is 65.9. The Bertz CT molecular complexity index is 4560. The summed E-state index contributed by atoms with van der Waals surface area (Å²) in [5, 5.41) is 162. The van der Waals surface area contributed by atoms with Crippen LogP contribution in [0.25, 0.3) is 6.08 Å². The molecule has 12 saturated heterocycles. The fourth-order valence-electron chi connectivity index (χ4n) is 20.9. The zero-order valence-electron chi connectivity index (χ0n) is 81.9. The maximum atomic E-state index is 12.2. The lowest BCUT2D eigenvalue weighted by molar-refractivity contribution is -0.381. The molecule has 13 rings (SSSR count). The summed E-state index contributed by atoms with van der Waals surface area (Å²) >= 11 is 0. The van der Waals surface area contributed by atoms with Crippen molar-refractivity contribution < 1.29 is 220 Å². The summed E-state index contributed by atoms with van der Waals surface area (Å²) in [5.74, 6) is -2.38. The van der Waals surface area contributed by atoms with E-state index in [0.29, 0.717) is 0 Å². The lowest BCUT2D eigenvalue weighted by atomic mass is 9.85. The second kappa shape index (κ2) is 45.6. The summed E-state index contributed by atoms with van der Waals surface area (Å²) in [6, 6.07) is 3.67. The maximum absolute atomic E-state index is 12.2. The lowest BCUT2D eigenvalue weighted by Gasteiger charge is -2.51. The van der Waals surface area contributed by atoms with Crippen LogP contribution in [0.3, 0.4) is 0 Å². The topological polar surface area (TPSA) is 782 Å². The summed E-state index contributed by atoms with van der Waals surface area (Å²) in [6.07, 6.45) is -62.1. The van der Waals surface area contributed by atoms with Gasteiger partial charge < -0.3 is 219 Å². The molecule has 54 heteroatoms. The smallest absolute Gasteiger partial charge is 0.397 e. The third kappa shape index (κ3) is 26.7. The number of ether oxygens (including phenoxy) is 24. The van der Waals surface area contributed by atoms with E-state index in [4.69, 9.17) is 151 Å². The number of phenolic OH excluding ortho intramolecular Hbond substituents is 1. The number of rotatable bonds is 31. The van der Waals surface area contributed by atoms with Gasteiger partial charge in [0.1, 0.15) is 140 Å². The molecular formula is C88H148N6O46S2. The van der Waals surface area contributed by atoms with Crippen molar-refractivity contribution >= 4 is 32.5 Å². The van der Waals surface area contributed by atoms with E-state index in [-0.39, 0.29) is 49.8 Å². The molecule has 1 aromatic carbocycles. The Kier molecular flexibility index (Phi) is 37.0. The molecule has 0 aliphatic carbocycles. The molecule has 1 aromatic rings. The Labute approximate surface area is 821 Å². The highest BCUT2D eigenvalue weighted by molar-refractivity contribution is 7.85. The van der Waals surface area contributed by atoms with E-state index in [2.05, 4.69) is 5.32 Å². The second-order valence-corrected chi connectivity index (χ2v) is 43.9. The van der Waals surface area contributed by atoms with Gasteiger partial charge in [-0.05, 0) is 141 Å². The predicted octanol–water partition coefficient (Wildman–Crippen LogP) is -6.23. The van der Waals surface area contributed by atoms with Gasteiger partial charge in [-0.1, -0.05) is 6.07 Å².